The predicted octanol–water partition coefficient (Wildman–Crippen LogP) is 7.78. The van der Waals surface area contributed by atoms with Gasteiger partial charge < -0.3 is 33.1 Å². The lowest BCUT2D eigenvalue weighted by atomic mass is 9.94. The Bertz CT molecular complexity index is 1660. The predicted molar refractivity (Wildman–Crippen MR) is 176 cm³/mol. The molecule has 0 aliphatic carbocycles. The summed E-state index contributed by atoms with van der Waals surface area (Å²) in [5.41, 5.74) is 34.6. The van der Waals surface area contributed by atoms with Crippen LogP contribution in [-0.4, -0.2) is 10.2 Å². The third kappa shape index (κ3) is 6.46. The number of phenolic OH excluding ortho intramolecular Hbond substituents is 2. The summed E-state index contributed by atoms with van der Waals surface area (Å²) >= 11 is 0. The summed E-state index contributed by atoms with van der Waals surface area (Å²) in [6.45, 7) is 0. The third-order valence-electron chi connectivity index (χ3n) is 6.89. The number of anilines is 4. The van der Waals surface area contributed by atoms with Crippen LogP contribution in [0, 0.1) is 0 Å². The van der Waals surface area contributed by atoms with E-state index in [2.05, 4.69) is 0 Å². The highest BCUT2D eigenvalue weighted by atomic mass is 16.3. The van der Waals surface area contributed by atoms with Gasteiger partial charge in [-0.1, -0.05) is 60.7 Å². The molecule has 0 spiro atoms. The highest BCUT2D eigenvalue weighted by molar-refractivity contribution is 5.87. The monoisotopic (exact) mass is 552 g/mol. The first-order valence-electron chi connectivity index (χ1n) is 13.4. The van der Waals surface area contributed by atoms with E-state index in [9.17, 15) is 10.2 Å². The lowest BCUT2D eigenvalue weighted by Crippen LogP contribution is -1.90. The Morgan fingerprint density at radius 3 is 0.881 bits per heavy atom. The molecule has 0 fully saturated rings. The van der Waals surface area contributed by atoms with Gasteiger partial charge in [0.1, 0.15) is 11.5 Å². The Hall–Kier alpha value is -5.88. The molecule has 6 rings (SSSR count). The van der Waals surface area contributed by atoms with Crippen molar-refractivity contribution < 1.29 is 10.2 Å². The van der Waals surface area contributed by atoms with Gasteiger partial charge in [-0.2, -0.15) is 0 Å². The minimum Gasteiger partial charge on any atom is -0.508 e. The molecule has 6 aromatic carbocycles. The summed E-state index contributed by atoms with van der Waals surface area (Å²) in [5, 5.41) is 18.9. The summed E-state index contributed by atoms with van der Waals surface area (Å²) in [6.07, 6.45) is 0. The molecule has 0 unspecified atom stereocenters. The summed E-state index contributed by atoms with van der Waals surface area (Å²) in [6, 6.07) is 41.4. The van der Waals surface area contributed by atoms with E-state index in [4.69, 9.17) is 22.9 Å². The number of nitrogens with two attached hydrogens (primary N) is 4. The molecular weight excluding hydrogens is 520 g/mol. The molecule has 0 aliphatic heterocycles. The first kappa shape index (κ1) is 27.7. The van der Waals surface area contributed by atoms with Crippen molar-refractivity contribution in [3.05, 3.63) is 133 Å². The molecule has 0 saturated heterocycles. The highest BCUT2D eigenvalue weighted by Crippen LogP contribution is 2.36. The van der Waals surface area contributed by atoms with E-state index >= 15 is 0 Å². The van der Waals surface area contributed by atoms with E-state index < -0.39 is 0 Å². The molecule has 0 aromatic heterocycles. The first-order chi connectivity index (χ1) is 20.3. The number of benzene rings is 6. The van der Waals surface area contributed by atoms with Crippen LogP contribution in [-0.2, 0) is 0 Å². The molecule has 0 aliphatic rings. The molecular formula is C36H32N4O2. The van der Waals surface area contributed by atoms with Gasteiger partial charge in [0, 0.05) is 22.7 Å². The number of hydrogen-bond donors (Lipinski definition) is 6. The van der Waals surface area contributed by atoms with Gasteiger partial charge in [-0.3, -0.25) is 0 Å². The molecule has 0 atom stereocenters. The van der Waals surface area contributed by atoms with Crippen LogP contribution in [0.1, 0.15) is 0 Å². The van der Waals surface area contributed by atoms with E-state index in [1.807, 2.05) is 109 Å². The van der Waals surface area contributed by atoms with Crippen molar-refractivity contribution in [1.82, 2.24) is 0 Å². The number of rotatable bonds is 4. The van der Waals surface area contributed by atoms with Crippen LogP contribution >= 0.6 is 0 Å². The lowest BCUT2D eigenvalue weighted by Gasteiger charge is -2.12. The third-order valence-corrected chi connectivity index (χ3v) is 6.89. The summed E-state index contributed by atoms with van der Waals surface area (Å²) in [7, 11) is 0. The molecule has 42 heavy (non-hydrogen) atoms. The molecule has 0 heterocycles. The SMILES string of the molecule is Nc1ccc(-c2ccc(N)cc2-c2ccc(O)cc2)cc1.Nc1ccc(-c2ccc(N)cc2-c2ccc(O)cc2)cc1. The van der Waals surface area contributed by atoms with Crippen molar-refractivity contribution in [2.24, 2.45) is 0 Å². The Kier molecular flexibility index (Phi) is 7.98. The van der Waals surface area contributed by atoms with Crippen molar-refractivity contribution in [2.75, 3.05) is 22.9 Å². The average molecular weight is 553 g/mol. The minimum atomic E-state index is 0.247. The normalized spacial score (nSPS) is 10.5. The van der Waals surface area contributed by atoms with Gasteiger partial charge in [-0.15, -0.1) is 0 Å². The number of nitrogen functional groups attached to an aromatic ring is 4. The zero-order valence-electron chi connectivity index (χ0n) is 22.9. The summed E-state index contributed by atoms with van der Waals surface area (Å²) in [5.74, 6) is 0.494. The van der Waals surface area contributed by atoms with Gasteiger partial charge in [-0.25, -0.2) is 0 Å². The number of aromatic hydroxyl groups is 2. The average Bonchev–Trinajstić information content (AvgIpc) is 2.99. The molecule has 6 heteroatoms. The molecule has 0 amide bonds. The Balaban J connectivity index is 0.000000168. The quantitative estimate of drug-likeness (QED) is 0.123. The minimum absolute atomic E-state index is 0.247. The zero-order chi connectivity index (χ0) is 29.6. The summed E-state index contributed by atoms with van der Waals surface area (Å²) < 4.78 is 0. The topological polar surface area (TPSA) is 145 Å². The van der Waals surface area contributed by atoms with Crippen molar-refractivity contribution in [3.63, 3.8) is 0 Å². The van der Waals surface area contributed by atoms with Crippen molar-refractivity contribution in [2.45, 2.75) is 0 Å². The van der Waals surface area contributed by atoms with Gasteiger partial charge in [0.25, 0.3) is 0 Å². The smallest absolute Gasteiger partial charge is 0.115 e. The zero-order valence-corrected chi connectivity index (χ0v) is 22.9. The van der Waals surface area contributed by atoms with Gasteiger partial charge >= 0.3 is 0 Å². The van der Waals surface area contributed by atoms with Crippen LogP contribution in [0.3, 0.4) is 0 Å². The van der Waals surface area contributed by atoms with Gasteiger partial charge in [0.05, 0.1) is 0 Å². The van der Waals surface area contributed by atoms with Crippen LogP contribution in [0.15, 0.2) is 133 Å². The van der Waals surface area contributed by atoms with Crippen LogP contribution < -0.4 is 22.9 Å². The van der Waals surface area contributed by atoms with Gasteiger partial charge in [0.15, 0.2) is 0 Å². The fraction of sp³-hybridized carbons (Fsp3) is 0. The van der Waals surface area contributed by atoms with E-state index in [0.29, 0.717) is 11.4 Å². The molecule has 0 saturated carbocycles. The van der Waals surface area contributed by atoms with Crippen LogP contribution in [0.2, 0.25) is 0 Å². The maximum absolute atomic E-state index is 9.44. The fourth-order valence-electron chi connectivity index (χ4n) is 4.71. The van der Waals surface area contributed by atoms with Gasteiger partial charge in [-0.05, 0) is 117 Å². The van der Waals surface area contributed by atoms with Crippen molar-refractivity contribution in [1.29, 1.82) is 0 Å². The van der Waals surface area contributed by atoms with Crippen molar-refractivity contribution in [3.8, 4) is 56.0 Å². The molecule has 6 aromatic rings. The second kappa shape index (κ2) is 12.1. The maximum Gasteiger partial charge on any atom is 0.115 e. The Morgan fingerprint density at radius 1 is 0.286 bits per heavy atom. The number of hydrogen-bond acceptors (Lipinski definition) is 6. The summed E-state index contributed by atoms with van der Waals surface area (Å²) in [4.78, 5) is 0. The highest BCUT2D eigenvalue weighted by Gasteiger charge is 2.10. The second-order valence-corrected chi connectivity index (χ2v) is 9.95. The molecule has 10 N–H and O–H groups in total. The molecule has 208 valence electrons. The Labute approximate surface area is 245 Å². The maximum atomic E-state index is 9.44. The Morgan fingerprint density at radius 2 is 0.548 bits per heavy atom. The van der Waals surface area contributed by atoms with Gasteiger partial charge in [0.2, 0.25) is 0 Å². The van der Waals surface area contributed by atoms with E-state index in [0.717, 1.165) is 55.9 Å². The first-order valence-corrected chi connectivity index (χ1v) is 13.4. The van der Waals surface area contributed by atoms with Crippen LogP contribution in [0.4, 0.5) is 22.7 Å². The van der Waals surface area contributed by atoms with E-state index in [1.165, 1.54) is 0 Å². The largest absolute Gasteiger partial charge is 0.508 e. The van der Waals surface area contributed by atoms with E-state index in [-0.39, 0.29) is 11.5 Å². The molecule has 6 nitrogen and oxygen atoms in total. The van der Waals surface area contributed by atoms with Crippen LogP contribution in [0.5, 0.6) is 11.5 Å². The lowest BCUT2D eigenvalue weighted by molar-refractivity contribution is 0.475. The standard InChI is InChI=1S/2C18H16N2O/c2*19-14-5-1-12(2-6-14)17-10-7-15(20)11-18(17)13-3-8-16(21)9-4-13/h2*1-11,21H,19-20H2. The van der Waals surface area contributed by atoms with Crippen molar-refractivity contribution >= 4 is 22.7 Å². The van der Waals surface area contributed by atoms with Crippen LogP contribution in [0.25, 0.3) is 44.5 Å². The fourth-order valence-corrected chi connectivity index (χ4v) is 4.71. The molecule has 0 bridgehead atoms. The number of phenols is 2. The van der Waals surface area contributed by atoms with E-state index in [1.54, 1.807) is 24.3 Å². The second-order valence-electron chi connectivity index (χ2n) is 9.95. The molecule has 0 radical (unpaired) electrons.